The zero-order valence-corrected chi connectivity index (χ0v) is 8.55. The summed E-state index contributed by atoms with van der Waals surface area (Å²) in [5, 5.41) is 0. The second-order valence-corrected chi connectivity index (χ2v) is 3.45. The summed E-state index contributed by atoms with van der Waals surface area (Å²) < 4.78 is 30.9. The third kappa shape index (κ3) is 2.44. The molecule has 1 nitrogen and oxygen atoms in total. The summed E-state index contributed by atoms with van der Waals surface area (Å²) in [6.45, 7) is 2.45. The van der Waals surface area contributed by atoms with Crippen molar-refractivity contribution in [2.45, 2.75) is 25.7 Å². The SMILES string of the molecule is COc1ccc(C(C)C(C)(F)F)cc1. The Bertz CT molecular complexity index is 287. The van der Waals surface area contributed by atoms with Gasteiger partial charge in [0, 0.05) is 5.92 Å². The van der Waals surface area contributed by atoms with E-state index in [1.54, 1.807) is 31.4 Å². The van der Waals surface area contributed by atoms with Gasteiger partial charge in [0.15, 0.2) is 0 Å². The highest BCUT2D eigenvalue weighted by Crippen LogP contribution is 2.32. The summed E-state index contributed by atoms with van der Waals surface area (Å²) in [6, 6.07) is 6.72. The van der Waals surface area contributed by atoms with E-state index in [1.807, 2.05) is 0 Å². The minimum absolute atomic E-state index is 0.623. The summed E-state index contributed by atoms with van der Waals surface area (Å²) in [5.74, 6) is -2.78. The fourth-order valence-electron chi connectivity index (χ4n) is 1.19. The number of halogens is 2. The quantitative estimate of drug-likeness (QED) is 0.726. The Balaban J connectivity index is 2.87. The van der Waals surface area contributed by atoms with Crippen molar-refractivity contribution in [1.29, 1.82) is 0 Å². The van der Waals surface area contributed by atoms with Crippen molar-refractivity contribution in [1.82, 2.24) is 0 Å². The third-order valence-electron chi connectivity index (χ3n) is 2.38. The summed E-state index contributed by atoms with van der Waals surface area (Å²) in [7, 11) is 1.55. The molecule has 1 rings (SSSR count). The summed E-state index contributed by atoms with van der Waals surface area (Å²) in [4.78, 5) is 0. The first kappa shape index (κ1) is 11.0. The molecular weight excluding hydrogens is 186 g/mol. The van der Waals surface area contributed by atoms with Crippen LogP contribution in [0.4, 0.5) is 8.78 Å². The molecule has 1 aromatic carbocycles. The highest BCUT2D eigenvalue weighted by molar-refractivity contribution is 5.29. The smallest absolute Gasteiger partial charge is 0.251 e. The van der Waals surface area contributed by atoms with Gasteiger partial charge in [0.1, 0.15) is 5.75 Å². The lowest BCUT2D eigenvalue weighted by Crippen LogP contribution is -2.19. The molecular formula is C11H14F2O. The van der Waals surface area contributed by atoms with E-state index in [0.29, 0.717) is 11.3 Å². The van der Waals surface area contributed by atoms with Crippen LogP contribution in [-0.4, -0.2) is 13.0 Å². The van der Waals surface area contributed by atoms with Crippen molar-refractivity contribution >= 4 is 0 Å². The van der Waals surface area contributed by atoms with Gasteiger partial charge >= 0.3 is 0 Å². The molecule has 14 heavy (non-hydrogen) atoms. The molecule has 0 fully saturated rings. The Morgan fingerprint density at radius 1 is 1.21 bits per heavy atom. The summed E-state index contributed by atoms with van der Waals surface area (Å²) in [6.07, 6.45) is 0. The average Bonchev–Trinajstić information content (AvgIpc) is 2.15. The Labute approximate surface area is 82.7 Å². The van der Waals surface area contributed by atoms with Crippen LogP contribution in [0.15, 0.2) is 24.3 Å². The van der Waals surface area contributed by atoms with E-state index in [9.17, 15) is 8.78 Å². The Morgan fingerprint density at radius 3 is 2.07 bits per heavy atom. The Hall–Kier alpha value is -1.12. The van der Waals surface area contributed by atoms with Crippen LogP contribution in [0.25, 0.3) is 0 Å². The molecule has 0 aliphatic heterocycles. The van der Waals surface area contributed by atoms with Crippen LogP contribution in [-0.2, 0) is 0 Å². The van der Waals surface area contributed by atoms with Gasteiger partial charge in [-0.25, -0.2) is 8.78 Å². The Kier molecular flexibility index (Phi) is 3.09. The van der Waals surface area contributed by atoms with E-state index < -0.39 is 11.8 Å². The van der Waals surface area contributed by atoms with Crippen LogP contribution < -0.4 is 4.74 Å². The van der Waals surface area contributed by atoms with Gasteiger partial charge in [0.05, 0.1) is 7.11 Å². The van der Waals surface area contributed by atoms with E-state index in [0.717, 1.165) is 6.92 Å². The monoisotopic (exact) mass is 200 g/mol. The summed E-state index contributed by atoms with van der Waals surface area (Å²) in [5.41, 5.74) is 0.623. The molecule has 0 N–H and O–H groups in total. The minimum atomic E-state index is -2.69. The second kappa shape index (κ2) is 3.95. The molecule has 78 valence electrons. The fourth-order valence-corrected chi connectivity index (χ4v) is 1.19. The number of ether oxygens (including phenoxy) is 1. The normalized spacial score (nSPS) is 13.8. The van der Waals surface area contributed by atoms with E-state index in [-0.39, 0.29) is 0 Å². The topological polar surface area (TPSA) is 9.23 Å². The van der Waals surface area contributed by atoms with Crippen LogP contribution in [0.3, 0.4) is 0 Å². The number of hydrogen-bond acceptors (Lipinski definition) is 1. The lowest BCUT2D eigenvalue weighted by molar-refractivity contribution is -0.00223. The molecule has 0 heterocycles. The standard InChI is InChI=1S/C11H14F2O/c1-8(11(2,12)13)9-4-6-10(14-3)7-5-9/h4-8H,1-3H3. The largest absolute Gasteiger partial charge is 0.497 e. The van der Waals surface area contributed by atoms with Crippen molar-refractivity contribution in [3.8, 4) is 5.75 Å². The number of rotatable bonds is 3. The van der Waals surface area contributed by atoms with E-state index >= 15 is 0 Å². The molecule has 1 atom stereocenters. The van der Waals surface area contributed by atoms with Gasteiger partial charge in [-0.3, -0.25) is 0 Å². The van der Waals surface area contributed by atoms with Crippen molar-refractivity contribution in [3.05, 3.63) is 29.8 Å². The Morgan fingerprint density at radius 2 is 1.71 bits per heavy atom. The number of methoxy groups -OCH3 is 1. The predicted molar refractivity (Wildman–Crippen MR) is 52.0 cm³/mol. The van der Waals surface area contributed by atoms with Gasteiger partial charge in [0.25, 0.3) is 5.92 Å². The molecule has 3 heteroatoms. The van der Waals surface area contributed by atoms with E-state index in [1.165, 1.54) is 6.92 Å². The van der Waals surface area contributed by atoms with Gasteiger partial charge < -0.3 is 4.74 Å². The minimum Gasteiger partial charge on any atom is -0.497 e. The van der Waals surface area contributed by atoms with Gasteiger partial charge in [0.2, 0.25) is 0 Å². The molecule has 0 radical (unpaired) electrons. The first-order valence-electron chi connectivity index (χ1n) is 4.47. The average molecular weight is 200 g/mol. The van der Waals surface area contributed by atoms with Crippen LogP contribution in [0.1, 0.15) is 25.3 Å². The lowest BCUT2D eigenvalue weighted by atomic mass is 9.95. The van der Waals surface area contributed by atoms with Gasteiger partial charge in [-0.2, -0.15) is 0 Å². The molecule has 0 aromatic heterocycles. The number of alkyl halides is 2. The van der Waals surface area contributed by atoms with Crippen molar-refractivity contribution in [2.24, 2.45) is 0 Å². The van der Waals surface area contributed by atoms with Crippen molar-refractivity contribution in [3.63, 3.8) is 0 Å². The third-order valence-corrected chi connectivity index (χ3v) is 2.38. The molecule has 0 aliphatic rings. The van der Waals surface area contributed by atoms with Crippen LogP contribution in [0.2, 0.25) is 0 Å². The number of hydrogen-bond donors (Lipinski definition) is 0. The van der Waals surface area contributed by atoms with Crippen molar-refractivity contribution < 1.29 is 13.5 Å². The molecule has 0 saturated carbocycles. The second-order valence-electron chi connectivity index (χ2n) is 3.45. The maximum absolute atomic E-state index is 13.0. The van der Waals surface area contributed by atoms with E-state index in [2.05, 4.69) is 0 Å². The highest BCUT2D eigenvalue weighted by atomic mass is 19.3. The highest BCUT2D eigenvalue weighted by Gasteiger charge is 2.31. The number of benzene rings is 1. The first-order valence-corrected chi connectivity index (χ1v) is 4.47. The van der Waals surface area contributed by atoms with Gasteiger partial charge in [-0.15, -0.1) is 0 Å². The fraction of sp³-hybridized carbons (Fsp3) is 0.455. The molecule has 1 aromatic rings. The van der Waals surface area contributed by atoms with Crippen LogP contribution in [0.5, 0.6) is 5.75 Å². The molecule has 0 aliphatic carbocycles. The van der Waals surface area contributed by atoms with Gasteiger partial charge in [-0.1, -0.05) is 19.1 Å². The lowest BCUT2D eigenvalue weighted by Gasteiger charge is -2.19. The van der Waals surface area contributed by atoms with E-state index in [4.69, 9.17) is 4.74 Å². The maximum atomic E-state index is 13.0. The molecule has 0 bridgehead atoms. The maximum Gasteiger partial charge on any atom is 0.251 e. The summed E-state index contributed by atoms with van der Waals surface area (Å²) >= 11 is 0. The molecule has 0 saturated heterocycles. The van der Waals surface area contributed by atoms with Crippen LogP contribution in [0, 0.1) is 0 Å². The molecule has 0 amide bonds. The first-order chi connectivity index (χ1) is 6.45. The predicted octanol–water partition coefficient (Wildman–Crippen LogP) is 3.45. The molecule has 1 unspecified atom stereocenters. The molecule has 0 spiro atoms. The zero-order valence-electron chi connectivity index (χ0n) is 8.55. The van der Waals surface area contributed by atoms with Gasteiger partial charge in [-0.05, 0) is 24.6 Å². The van der Waals surface area contributed by atoms with Crippen molar-refractivity contribution in [2.75, 3.05) is 7.11 Å². The zero-order chi connectivity index (χ0) is 10.8. The van der Waals surface area contributed by atoms with Crippen LogP contribution >= 0.6 is 0 Å².